The van der Waals surface area contributed by atoms with Crippen LogP contribution in [0.4, 0.5) is 0 Å². The minimum absolute atomic E-state index is 0.0169. The van der Waals surface area contributed by atoms with Gasteiger partial charge in [0.15, 0.2) is 10.0 Å². The van der Waals surface area contributed by atoms with E-state index in [4.69, 9.17) is 5.11 Å². The third-order valence-corrected chi connectivity index (χ3v) is 7.27. The molecule has 1 aromatic heterocycles. The molecule has 0 bridgehead atoms. The summed E-state index contributed by atoms with van der Waals surface area (Å²) >= 11 is 2.84. The number of Topliss-reactive ketones (excluding diaryl/α,β-unsaturated/α-hetero) is 1. The van der Waals surface area contributed by atoms with Crippen LogP contribution in [0.2, 0.25) is 0 Å². The number of rotatable bonds is 11. The summed E-state index contributed by atoms with van der Waals surface area (Å²) in [6.07, 6.45) is 8.83. The molecule has 1 saturated carbocycles. The number of carbonyl (C=O) groups is 2. The summed E-state index contributed by atoms with van der Waals surface area (Å²) in [6, 6.07) is 0. The van der Waals surface area contributed by atoms with E-state index in [0.717, 1.165) is 35.8 Å². The molecule has 7 heteroatoms. The van der Waals surface area contributed by atoms with Gasteiger partial charge in [0, 0.05) is 23.5 Å². The summed E-state index contributed by atoms with van der Waals surface area (Å²) in [7, 11) is 0. The zero-order valence-electron chi connectivity index (χ0n) is 16.9. The Morgan fingerprint density at radius 1 is 1.50 bits per heavy atom. The Morgan fingerprint density at radius 3 is 2.89 bits per heavy atom. The zero-order chi connectivity index (χ0) is 20.7. The van der Waals surface area contributed by atoms with E-state index >= 15 is 0 Å². The topological polar surface area (TPSA) is 87.5 Å². The normalized spacial score (nSPS) is 22.2. The molecule has 0 unspecified atom stereocenters. The van der Waals surface area contributed by atoms with Gasteiger partial charge < -0.3 is 10.2 Å². The standard InChI is InChI=1S/C21H31NO4S2/c1-14(2)8-11-21(3,26)10-4-5-15-6-7-18(23)16(15)9-12-27-20-22-17(13-28-20)19(24)25/h4-5,13-16,26H,6-12H2,1-3H3,(H,24,25)/b5-4+/t15-,16-,21+/m1/s1. The van der Waals surface area contributed by atoms with Crippen molar-refractivity contribution in [1.82, 2.24) is 4.98 Å². The molecule has 2 rings (SSSR count). The second-order valence-corrected chi connectivity index (χ2v) is 10.5. The van der Waals surface area contributed by atoms with Gasteiger partial charge in [-0.15, -0.1) is 11.3 Å². The first-order valence-electron chi connectivity index (χ1n) is 9.91. The molecule has 1 heterocycles. The summed E-state index contributed by atoms with van der Waals surface area (Å²) in [4.78, 5) is 27.2. The van der Waals surface area contributed by atoms with Gasteiger partial charge in [0.25, 0.3) is 0 Å². The van der Waals surface area contributed by atoms with Crippen LogP contribution in [-0.2, 0) is 4.79 Å². The van der Waals surface area contributed by atoms with Gasteiger partial charge in [-0.2, -0.15) is 0 Å². The van der Waals surface area contributed by atoms with Crippen LogP contribution in [0, 0.1) is 17.8 Å². The van der Waals surface area contributed by atoms with E-state index in [1.165, 1.54) is 23.1 Å². The van der Waals surface area contributed by atoms with Gasteiger partial charge in [-0.05, 0) is 50.9 Å². The van der Waals surface area contributed by atoms with Crippen LogP contribution < -0.4 is 0 Å². The van der Waals surface area contributed by atoms with Crippen molar-refractivity contribution >= 4 is 34.9 Å². The molecule has 0 spiro atoms. The SMILES string of the molecule is CC(C)CC[C@@](C)(O)C/C=C/[C@@H]1CCC(=O)[C@@H]1CCSc1nc(C(=O)O)cs1. The fraction of sp³-hybridized carbons (Fsp3) is 0.667. The van der Waals surface area contributed by atoms with Crippen molar-refractivity contribution in [3.05, 3.63) is 23.2 Å². The number of carboxylic acids is 1. The molecule has 2 N–H and O–H groups in total. The van der Waals surface area contributed by atoms with Crippen LogP contribution in [0.3, 0.4) is 0 Å². The van der Waals surface area contributed by atoms with E-state index in [2.05, 4.69) is 24.9 Å². The van der Waals surface area contributed by atoms with Gasteiger partial charge in [0.05, 0.1) is 5.60 Å². The van der Waals surface area contributed by atoms with Crippen molar-refractivity contribution in [2.75, 3.05) is 5.75 Å². The maximum Gasteiger partial charge on any atom is 0.355 e. The van der Waals surface area contributed by atoms with Crippen molar-refractivity contribution in [3.63, 3.8) is 0 Å². The van der Waals surface area contributed by atoms with Crippen molar-refractivity contribution in [2.45, 2.75) is 69.2 Å². The van der Waals surface area contributed by atoms with Crippen LogP contribution in [0.5, 0.6) is 0 Å². The highest BCUT2D eigenvalue weighted by molar-refractivity contribution is 8.01. The molecule has 28 heavy (non-hydrogen) atoms. The van der Waals surface area contributed by atoms with Crippen LogP contribution in [-0.4, -0.2) is 38.3 Å². The minimum atomic E-state index is -1.01. The third-order valence-electron chi connectivity index (χ3n) is 5.21. The van der Waals surface area contributed by atoms with Crippen LogP contribution >= 0.6 is 23.1 Å². The predicted molar refractivity (Wildman–Crippen MR) is 114 cm³/mol. The molecular weight excluding hydrogens is 394 g/mol. The first-order chi connectivity index (χ1) is 13.2. The fourth-order valence-electron chi connectivity index (χ4n) is 3.43. The Hall–Kier alpha value is -1.18. The number of nitrogens with zero attached hydrogens (tertiary/aromatic N) is 1. The molecule has 1 aromatic rings. The second-order valence-electron chi connectivity index (χ2n) is 8.28. The molecule has 1 aliphatic rings. The molecule has 0 aliphatic heterocycles. The van der Waals surface area contributed by atoms with E-state index < -0.39 is 11.6 Å². The van der Waals surface area contributed by atoms with E-state index in [-0.39, 0.29) is 17.5 Å². The monoisotopic (exact) mass is 425 g/mol. The Bertz CT molecular complexity index is 696. The molecule has 156 valence electrons. The predicted octanol–water partition coefficient (Wildman–Crippen LogP) is 5.05. The van der Waals surface area contributed by atoms with E-state index in [1.54, 1.807) is 5.38 Å². The van der Waals surface area contributed by atoms with Gasteiger partial charge in [-0.3, -0.25) is 4.79 Å². The Balaban J connectivity index is 1.82. The number of hydrogen-bond acceptors (Lipinski definition) is 6. The van der Waals surface area contributed by atoms with Gasteiger partial charge >= 0.3 is 5.97 Å². The number of aromatic nitrogens is 1. The number of aromatic carboxylic acids is 1. The average molecular weight is 426 g/mol. The lowest BCUT2D eigenvalue weighted by Gasteiger charge is -2.23. The van der Waals surface area contributed by atoms with Crippen molar-refractivity contribution in [3.8, 4) is 0 Å². The van der Waals surface area contributed by atoms with Gasteiger partial charge in [0.2, 0.25) is 0 Å². The molecule has 0 saturated heterocycles. The van der Waals surface area contributed by atoms with E-state index in [0.29, 0.717) is 24.5 Å². The quantitative estimate of drug-likeness (QED) is 0.381. The molecule has 0 radical (unpaired) electrons. The molecule has 5 nitrogen and oxygen atoms in total. The number of thioether (sulfide) groups is 1. The number of allylic oxidation sites excluding steroid dienone is 1. The Labute approximate surface area is 175 Å². The lowest BCUT2D eigenvalue weighted by Crippen LogP contribution is -2.23. The Kier molecular flexibility index (Phi) is 8.71. The minimum Gasteiger partial charge on any atom is -0.476 e. The van der Waals surface area contributed by atoms with Crippen LogP contribution in [0.1, 0.15) is 69.8 Å². The first kappa shape index (κ1) is 23.1. The third kappa shape index (κ3) is 7.33. The average Bonchev–Trinajstić information content (AvgIpc) is 3.22. The van der Waals surface area contributed by atoms with E-state index in [1.807, 2.05) is 13.0 Å². The molecule has 1 fully saturated rings. The summed E-state index contributed by atoms with van der Waals surface area (Å²) in [6.45, 7) is 6.20. The highest BCUT2D eigenvalue weighted by Gasteiger charge is 2.32. The molecule has 0 amide bonds. The first-order valence-corrected chi connectivity index (χ1v) is 11.8. The number of ketones is 1. The number of hydrogen-bond donors (Lipinski definition) is 2. The van der Waals surface area contributed by atoms with Gasteiger partial charge in [-0.1, -0.05) is 37.8 Å². The lowest BCUT2D eigenvalue weighted by molar-refractivity contribution is -0.121. The zero-order valence-corrected chi connectivity index (χ0v) is 18.5. The number of carboxylic acid groups (broad SMARTS) is 1. The second kappa shape index (κ2) is 10.6. The molecule has 0 aromatic carbocycles. The summed E-state index contributed by atoms with van der Waals surface area (Å²) in [5.74, 6) is 0.882. The fourth-order valence-corrected chi connectivity index (χ4v) is 5.33. The van der Waals surface area contributed by atoms with Crippen LogP contribution in [0.15, 0.2) is 21.9 Å². The van der Waals surface area contributed by atoms with Crippen molar-refractivity contribution in [2.24, 2.45) is 17.8 Å². The van der Waals surface area contributed by atoms with Gasteiger partial charge in [0.1, 0.15) is 5.78 Å². The summed E-state index contributed by atoms with van der Waals surface area (Å²) in [5, 5.41) is 21.0. The summed E-state index contributed by atoms with van der Waals surface area (Å²) in [5.41, 5.74) is -0.615. The molecular formula is C21H31NO4S2. The number of thiazole rings is 1. The smallest absolute Gasteiger partial charge is 0.355 e. The highest BCUT2D eigenvalue weighted by Crippen LogP contribution is 2.35. The highest BCUT2D eigenvalue weighted by atomic mass is 32.2. The summed E-state index contributed by atoms with van der Waals surface area (Å²) < 4.78 is 0.733. The van der Waals surface area contributed by atoms with Crippen molar-refractivity contribution in [1.29, 1.82) is 0 Å². The Morgan fingerprint density at radius 2 is 2.25 bits per heavy atom. The van der Waals surface area contributed by atoms with E-state index in [9.17, 15) is 14.7 Å². The lowest BCUT2D eigenvalue weighted by atomic mass is 9.89. The number of aliphatic hydroxyl groups is 1. The largest absolute Gasteiger partial charge is 0.476 e. The maximum atomic E-state index is 12.3. The molecule has 3 atom stereocenters. The molecule has 1 aliphatic carbocycles. The maximum absolute atomic E-state index is 12.3. The van der Waals surface area contributed by atoms with Crippen LogP contribution in [0.25, 0.3) is 0 Å². The number of carbonyl (C=O) groups excluding carboxylic acids is 1. The van der Waals surface area contributed by atoms with Crippen molar-refractivity contribution < 1.29 is 19.8 Å². The van der Waals surface area contributed by atoms with Gasteiger partial charge in [-0.25, -0.2) is 9.78 Å².